The van der Waals surface area contributed by atoms with E-state index in [1.165, 1.54) is 25.9 Å². The quantitative estimate of drug-likeness (QED) is 0.600. The van der Waals surface area contributed by atoms with E-state index in [0.29, 0.717) is 18.6 Å². The Kier molecular flexibility index (Phi) is 7.46. The van der Waals surface area contributed by atoms with E-state index in [1.54, 1.807) is 0 Å². The molecular formula is C14H27BrN4. The lowest BCUT2D eigenvalue weighted by Crippen LogP contribution is -2.49. The smallest absolute Gasteiger partial charge is 0.191 e. The monoisotopic (exact) mass is 330 g/mol. The summed E-state index contributed by atoms with van der Waals surface area (Å²) in [5.74, 6) is 0.895. The topological polar surface area (TPSA) is 39.7 Å². The first-order valence-electron chi connectivity index (χ1n) is 7.15. The Labute approximate surface area is 125 Å². The SMILES string of the molecule is C=C(Br)CN=C(NCC)NC1CCN(C(C)C)CC1. The second kappa shape index (κ2) is 8.59. The number of piperidine rings is 1. The largest absolute Gasteiger partial charge is 0.357 e. The zero-order chi connectivity index (χ0) is 14.3. The third-order valence-electron chi connectivity index (χ3n) is 3.35. The molecule has 5 heteroatoms. The van der Waals surface area contributed by atoms with Gasteiger partial charge in [-0.25, -0.2) is 4.99 Å². The number of guanidine groups is 1. The third-order valence-corrected chi connectivity index (χ3v) is 3.60. The number of hydrogen-bond donors (Lipinski definition) is 2. The van der Waals surface area contributed by atoms with Gasteiger partial charge in [-0.3, -0.25) is 0 Å². The molecule has 1 rings (SSSR count). The van der Waals surface area contributed by atoms with E-state index < -0.39 is 0 Å². The number of halogens is 1. The Morgan fingerprint density at radius 3 is 2.53 bits per heavy atom. The van der Waals surface area contributed by atoms with Gasteiger partial charge in [0.2, 0.25) is 0 Å². The fourth-order valence-electron chi connectivity index (χ4n) is 2.24. The summed E-state index contributed by atoms with van der Waals surface area (Å²) >= 11 is 3.34. The highest BCUT2D eigenvalue weighted by Gasteiger charge is 2.21. The van der Waals surface area contributed by atoms with Gasteiger partial charge in [0.15, 0.2) is 5.96 Å². The molecule has 1 aliphatic heterocycles. The van der Waals surface area contributed by atoms with Crippen LogP contribution in [0, 0.1) is 0 Å². The molecule has 2 N–H and O–H groups in total. The maximum atomic E-state index is 4.50. The van der Waals surface area contributed by atoms with Crippen LogP contribution < -0.4 is 10.6 Å². The number of likely N-dealkylation sites (tertiary alicyclic amines) is 1. The fraction of sp³-hybridized carbons (Fsp3) is 0.786. The summed E-state index contributed by atoms with van der Waals surface area (Å²) < 4.78 is 0.902. The molecule has 0 atom stereocenters. The van der Waals surface area contributed by atoms with Crippen molar-refractivity contribution in [1.29, 1.82) is 0 Å². The van der Waals surface area contributed by atoms with Gasteiger partial charge in [0, 0.05) is 36.2 Å². The number of hydrogen-bond acceptors (Lipinski definition) is 2. The Morgan fingerprint density at radius 1 is 1.42 bits per heavy atom. The molecule has 0 aromatic rings. The van der Waals surface area contributed by atoms with Crippen molar-refractivity contribution in [2.24, 2.45) is 4.99 Å². The lowest BCUT2D eigenvalue weighted by Gasteiger charge is -2.35. The van der Waals surface area contributed by atoms with Gasteiger partial charge in [0.1, 0.15) is 0 Å². The predicted octanol–water partition coefficient (Wildman–Crippen LogP) is 2.32. The zero-order valence-electron chi connectivity index (χ0n) is 12.4. The van der Waals surface area contributed by atoms with Crippen LogP contribution >= 0.6 is 15.9 Å². The molecule has 0 aromatic carbocycles. The van der Waals surface area contributed by atoms with Crippen molar-refractivity contribution in [1.82, 2.24) is 15.5 Å². The summed E-state index contributed by atoms with van der Waals surface area (Å²) in [7, 11) is 0. The first-order valence-corrected chi connectivity index (χ1v) is 7.94. The van der Waals surface area contributed by atoms with Crippen LogP contribution in [0.5, 0.6) is 0 Å². The molecule has 0 radical (unpaired) electrons. The second-order valence-electron chi connectivity index (χ2n) is 5.26. The molecule has 0 aliphatic carbocycles. The normalized spacial score (nSPS) is 18.7. The highest BCUT2D eigenvalue weighted by atomic mass is 79.9. The standard InChI is InChI=1S/C14H27BrN4/c1-5-16-14(17-10-12(4)15)18-13-6-8-19(9-7-13)11(2)3/h11,13H,4-10H2,1-3H3,(H2,16,17,18). The van der Waals surface area contributed by atoms with E-state index in [0.717, 1.165) is 17.0 Å². The molecule has 0 amide bonds. The molecule has 19 heavy (non-hydrogen) atoms. The summed E-state index contributed by atoms with van der Waals surface area (Å²) in [6, 6.07) is 1.18. The zero-order valence-corrected chi connectivity index (χ0v) is 14.0. The van der Waals surface area contributed by atoms with Crippen molar-refractivity contribution in [3.63, 3.8) is 0 Å². The number of aliphatic imine (C=N–C) groups is 1. The van der Waals surface area contributed by atoms with Gasteiger partial charge in [-0.1, -0.05) is 22.5 Å². The predicted molar refractivity (Wildman–Crippen MR) is 86.9 cm³/mol. The maximum absolute atomic E-state index is 4.50. The van der Waals surface area contributed by atoms with Crippen LogP contribution in [0.15, 0.2) is 16.1 Å². The van der Waals surface area contributed by atoms with Gasteiger partial charge in [-0.15, -0.1) is 0 Å². The molecule has 0 unspecified atom stereocenters. The summed E-state index contributed by atoms with van der Waals surface area (Å²) in [6.07, 6.45) is 2.36. The van der Waals surface area contributed by atoms with Gasteiger partial charge in [0.25, 0.3) is 0 Å². The van der Waals surface area contributed by atoms with Crippen LogP contribution in [0.4, 0.5) is 0 Å². The average molecular weight is 331 g/mol. The number of rotatable bonds is 5. The summed E-state index contributed by atoms with van der Waals surface area (Å²) in [4.78, 5) is 7.03. The molecular weight excluding hydrogens is 304 g/mol. The molecule has 1 heterocycles. The highest BCUT2D eigenvalue weighted by Crippen LogP contribution is 2.12. The van der Waals surface area contributed by atoms with E-state index in [9.17, 15) is 0 Å². The minimum absolute atomic E-state index is 0.524. The molecule has 4 nitrogen and oxygen atoms in total. The molecule has 1 fully saturated rings. The molecule has 110 valence electrons. The van der Waals surface area contributed by atoms with Gasteiger partial charge in [-0.05, 0) is 33.6 Å². The highest BCUT2D eigenvalue weighted by molar-refractivity contribution is 9.11. The second-order valence-corrected chi connectivity index (χ2v) is 6.38. The number of nitrogens with one attached hydrogen (secondary N) is 2. The van der Waals surface area contributed by atoms with Crippen molar-refractivity contribution in [2.75, 3.05) is 26.2 Å². The summed E-state index contributed by atoms with van der Waals surface area (Å²) in [5, 5.41) is 6.80. The fourth-order valence-corrected chi connectivity index (χ4v) is 2.36. The third kappa shape index (κ3) is 6.43. The van der Waals surface area contributed by atoms with Crippen LogP contribution in [0.1, 0.15) is 33.6 Å². The molecule has 1 saturated heterocycles. The van der Waals surface area contributed by atoms with Crippen LogP contribution in [0.25, 0.3) is 0 Å². The lowest BCUT2D eigenvalue weighted by molar-refractivity contribution is 0.167. The Balaban J connectivity index is 2.43. The minimum Gasteiger partial charge on any atom is -0.357 e. The maximum Gasteiger partial charge on any atom is 0.191 e. The van der Waals surface area contributed by atoms with Crippen LogP contribution in [0.2, 0.25) is 0 Å². The van der Waals surface area contributed by atoms with Crippen molar-refractivity contribution in [2.45, 2.75) is 45.7 Å². The Bertz CT molecular complexity index is 307. The molecule has 0 spiro atoms. The summed E-state index contributed by atoms with van der Waals surface area (Å²) in [6.45, 7) is 14.2. The molecule has 0 aromatic heterocycles. The van der Waals surface area contributed by atoms with Gasteiger partial charge in [0.05, 0.1) is 6.54 Å². The van der Waals surface area contributed by atoms with E-state index in [-0.39, 0.29) is 0 Å². The van der Waals surface area contributed by atoms with E-state index in [4.69, 9.17) is 0 Å². The van der Waals surface area contributed by atoms with E-state index in [1.807, 2.05) is 0 Å². The van der Waals surface area contributed by atoms with Crippen LogP contribution in [-0.4, -0.2) is 49.1 Å². The molecule has 0 saturated carbocycles. The Morgan fingerprint density at radius 2 is 2.05 bits per heavy atom. The van der Waals surface area contributed by atoms with Crippen molar-refractivity contribution in [3.05, 3.63) is 11.1 Å². The van der Waals surface area contributed by atoms with Crippen LogP contribution in [0.3, 0.4) is 0 Å². The summed E-state index contributed by atoms with van der Waals surface area (Å²) in [5.41, 5.74) is 0. The Hall–Kier alpha value is -0.550. The van der Waals surface area contributed by atoms with Gasteiger partial charge < -0.3 is 15.5 Å². The average Bonchev–Trinajstić information content (AvgIpc) is 2.37. The van der Waals surface area contributed by atoms with E-state index in [2.05, 4.69) is 63.8 Å². The van der Waals surface area contributed by atoms with Crippen molar-refractivity contribution >= 4 is 21.9 Å². The number of nitrogens with zero attached hydrogens (tertiary/aromatic N) is 2. The van der Waals surface area contributed by atoms with Gasteiger partial charge in [-0.2, -0.15) is 0 Å². The van der Waals surface area contributed by atoms with Crippen molar-refractivity contribution in [3.8, 4) is 0 Å². The van der Waals surface area contributed by atoms with E-state index >= 15 is 0 Å². The van der Waals surface area contributed by atoms with Crippen LogP contribution in [-0.2, 0) is 0 Å². The lowest BCUT2D eigenvalue weighted by atomic mass is 10.0. The minimum atomic E-state index is 0.524. The first-order chi connectivity index (χ1) is 9.02. The first kappa shape index (κ1) is 16.5. The van der Waals surface area contributed by atoms with Crippen molar-refractivity contribution < 1.29 is 0 Å². The van der Waals surface area contributed by atoms with Gasteiger partial charge >= 0.3 is 0 Å². The molecule has 1 aliphatic rings. The molecule has 0 bridgehead atoms.